The molecule has 122 valence electrons. The van der Waals surface area contributed by atoms with Crippen molar-refractivity contribution in [1.82, 2.24) is 9.71 Å². The zero-order valence-electron chi connectivity index (χ0n) is 13.0. The third-order valence-corrected chi connectivity index (χ3v) is 5.31. The van der Waals surface area contributed by atoms with Gasteiger partial charge < -0.3 is 0 Å². The maximum absolute atomic E-state index is 12.6. The van der Waals surface area contributed by atoms with Crippen LogP contribution in [0.1, 0.15) is 29.7 Å². The SMILES string of the molecule is Cc1cc([N+](=O)[O-])cc(S(=O)(=O)NC(C)c2ccncc2)c1C. The predicted octanol–water partition coefficient (Wildman–Crippen LogP) is 2.65. The molecule has 1 aromatic heterocycles. The molecule has 2 aromatic rings. The summed E-state index contributed by atoms with van der Waals surface area (Å²) in [4.78, 5) is 14.2. The standard InChI is InChI=1S/C15H17N3O4S/c1-10-8-14(18(19)20)9-15(11(10)2)23(21,22)17-12(3)13-4-6-16-7-5-13/h4-9,12,17H,1-3H3. The molecule has 23 heavy (non-hydrogen) atoms. The van der Waals surface area contributed by atoms with Crippen molar-refractivity contribution in [2.24, 2.45) is 0 Å². The molecular weight excluding hydrogens is 318 g/mol. The van der Waals surface area contributed by atoms with Crippen LogP contribution in [0.5, 0.6) is 0 Å². The monoisotopic (exact) mass is 335 g/mol. The van der Waals surface area contributed by atoms with E-state index in [2.05, 4.69) is 9.71 Å². The van der Waals surface area contributed by atoms with Gasteiger partial charge in [-0.05, 0) is 49.6 Å². The lowest BCUT2D eigenvalue weighted by atomic mass is 10.1. The summed E-state index contributed by atoms with van der Waals surface area (Å²) in [6.07, 6.45) is 3.14. The van der Waals surface area contributed by atoms with E-state index in [9.17, 15) is 18.5 Å². The summed E-state index contributed by atoms with van der Waals surface area (Å²) in [5, 5.41) is 11.0. The largest absolute Gasteiger partial charge is 0.271 e. The molecule has 0 saturated carbocycles. The Kier molecular flexibility index (Phi) is 4.76. The van der Waals surface area contributed by atoms with Crippen LogP contribution in [0, 0.1) is 24.0 Å². The maximum atomic E-state index is 12.6. The predicted molar refractivity (Wildman–Crippen MR) is 85.5 cm³/mol. The van der Waals surface area contributed by atoms with E-state index in [-0.39, 0.29) is 10.6 Å². The van der Waals surface area contributed by atoms with Gasteiger partial charge in [-0.1, -0.05) is 0 Å². The van der Waals surface area contributed by atoms with Crippen LogP contribution in [0.4, 0.5) is 5.69 Å². The fourth-order valence-corrected chi connectivity index (χ4v) is 3.78. The Morgan fingerprint density at radius 3 is 2.39 bits per heavy atom. The minimum Gasteiger partial charge on any atom is -0.265 e. The first kappa shape index (κ1) is 17.0. The number of nitro groups is 1. The normalized spacial score (nSPS) is 12.8. The third-order valence-electron chi connectivity index (χ3n) is 3.64. The molecule has 0 fully saturated rings. The summed E-state index contributed by atoms with van der Waals surface area (Å²) in [5.41, 5.74) is 1.55. The van der Waals surface area contributed by atoms with Crippen LogP contribution in [0.3, 0.4) is 0 Å². The summed E-state index contributed by atoms with van der Waals surface area (Å²) in [6.45, 7) is 4.98. The number of hydrogen-bond donors (Lipinski definition) is 1. The lowest BCUT2D eigenvalue weighted by molar-refractivity contribution is -0.385. The highest BCUT2D eigenvalue weighted by Gasteiger charge is 2.24. The molecular formula is C15H17N3O4S. The average molecular weight is 335 g/mol. The van der Waals surface area contributed by atoms with Crippen LogP contribution >= 0.6 is 0 Å². The van der Waals surface area contributed by atoms with E-state index < -0.39 is 21.0 Å². The van der Waals surface area contributed by atoms with Crippen LogP contribution in [-0.2, 0) is 10.0 Å². The van der Waals surface area contributed by atoms with Crippen LogP contribution in [0.2, 0.25) is 0 Å². The third kappa shape index (κ3) is 3.72. The van der Waals surface area contributed by atoms with Gasteiger partial charge >= 0.3 is 0 Å². The molecule has 1 N–H and O–H groups in total. The molecule has 0 aliphatic heterocycles. The number of nitrogens with one attached hydrogen (secondary N) is 1. The van der Waals surface area contributed by atoms with Gasteiger partial charge in [0.25, 0.3) is 5.69 Å². The number of benzene rings is 1. The molecule has 2 rings (SSSR count). The van der Waals surface area contributed by atoms with Crippen molar-refractivity contribution in [3.8, 4) is 0 Å². The Balaban J connectivity index is 2.42. The smallest absolute Gasteiger partial charge is 0.265 e. The van der Waals surface area contributed by atoms with Gasteiger partial charge in [-0.25, -0.2) is 13.1 Å². The molecule has 0 radical (unpaired) electrons. The van der Waals surface area contributed by atoms with E-state index in [1.54, 1.807) is 45.3 Å². The zero-order chi connectivity index (χ0) is 17.2. The molecule has 1 atom stereocenters. The summed E-state index contributed by atoms with van der Waals surface area (Å²) >= 11 is 0. The second-order valence-corrected chi connectivity index (χ2v) is 6.95. The molecule has 1 aromatic carbocycles. The number of non-ortho nitro benzene ring substituents is 1. The fraction of sp³-hybridized carbons (Fsp3) is 0.267. The highest BCUT2D eigenvalue weighted by molar-refractivity contribution is 7.89. The first-order valence-electron chi connectivity index (χ1n) is 6.90. The number of pyridine rings is 1. The van der Waals surface area contributed by atoms with Crippen molar-refractivity contribution in [2.45, 2.75) is 31.7 Å². The first-order chi connectivity index (χ1) is 10.7. The van der Waals surface area contributed by atoms with Gasteiger partial charge in [-0.15, -0.1) is 0 Å². The van der Waals surface area contributed by atoms with Gasteiger partial charge in [-0.3, -0.25) is 15.1 Å². The highest BCUT2D eigenvalue weighted by atomic mass is 32.2. The van der Waals surface area contributed by atoms with Crippen LogP contribution < -0.4 is 4.72 Å². The lowest BCUT2D eigenvalue weighted by Gasteiger charge is -2.16. The van der Waals surface area contributed by atoms with E-state index >= 15 is 0 Å². The average Bonchev–Trinajstić information content (AvgIpc) is 2.49. The molecule has 0 aliphatic rings. The molecule has 0 saturated heterocycles. The molecule has 1 unspecified atom stereocenters. The molecule has 0 bridgehead atoms. The van der Waals surface area contributed by atoms with Gasteiger partial charge in [0.15, 0.2) is 0 Å². The number of aromatic nitrogens is 1. The minimum atomic E-state index is -3.89. The van der Waals surface area contributed by atoms with Crippen molar-refractivity contribution in [3.05, 3.63) is 63.5 Å². The van der Waals surface area contributed by atoms with Crippen molar-refractivity contribution in [2.75, 3.05) is 0 Å². The zero-order valence-corrected chi connectivity index (χ0v) is 13.8. The second kappa shape index (κ2) is 6.43. The molecule has 8 heteroatoms. The van der Waals surface area contributed by atoms with E-state index in [4.69, 9.17) is 0 Å². The molecule has 7 nitrogen and oxygen atoms in total. The fourth-order valence-electron chi connectivity index (χ4n) is 2.21. The molecule has 0 aliphatic carbocycles. The topological polar surface area (TPSA) is 102 Å². The van der Waals surface area contributed by atoms with Gasteiger partial charge in [0.05, 0.1) is 9.82 Å². The first-order valence-corrected chi connectivity index (χ1v) is 8.38. The Labute approximate surface area is 134 Å². The van der Waals surface area contributed by atoms with E-state index in [1.165, 1.54) is 6.07 Å². The summed E-state index contributed by atoms with van der Waals surface area (Å²) in [7, 11) is -3.89. The highest BCUT2D eigenvalue weighted by Crippen LogP contribution is 2.26. The number of aryl methyl sites for hydroxylation is 1. The molecule has 0 spiro atoms. The number of sulfonamides is 1. The van der Waals surface area contributed by atoms with Crippen molar-refractivity contribution < 1.29 is 13.3 Å². The number of nitro benzene ring substituents is 1. The Hall–Kier alpha value is -2.32. The van der Waals surface area contributed by atoms with Gasteiger partial charge in [0.2, 0.25) is 10.0 Å². The summed E-state index contributed by atoms with van der Waals surface area (Å²) in [6, 6.07) is 5.38. The Morgan fingerprint density at radius 1 is 1.22 bits per heavy atom. The van der Waals surface area contributed by atoms with Crippen molar-refractivity contribution >= 4 is 15.7 Å². The van der Waals surface area contributed by atoms with Crippen LogP contribution in [0.15, 0.2) is 41.6 Å². The minimum absolute atomic E-state index is 0.0786. The summed E-state index contributed by atoms with van der Waals surface area (Å²) < 4.78 is 27.8. The quantitative estimate of drug-likeness (QED) is 0.668. The Morgan fingerprint density at radius 2 is 1.83 bits per heavy atom. The molecule has 0 amide bonds. The van der Waals surface area contributed by atoms with E-state index in [0.29, 0.717) is 11.1 Å². The number of nitrogens with zero attached hydrogens (tertiary/aromatic N) is 2. The van der Waals surface area contributed by atoms with E-state index in [1.807, 2.05) is 0 Å². The lowest BCUT2D eigenvalue weighted by Crippen LogP contribution is -2.27. The van der Waals surface area contributed by atoms with E-state index in [0.717, 1.165) is 11.6 Å². The molecule has 1 heterocycles. The van der Waals surface area contributed by atoms with Crippen LogP contribution in [0.25, 0.3) is 0 Å². The van der Waals surface area contributed by atoms with Gasteiger partial charge in [0.1, 0.15) is 0 Å². The second-order valence-electron chi connectivity index (χ2n) is 5.27. The van der Waals surface area contributed by atoms with Crippen LogP contribution in [-0.4, -0.2) is 18.3 Å². The maximum Gasteiger partial charge on any atom is 0.271 e. The van der Waals surface area contributed by atoms with Gasteiger partial charge in [-0.2, -0.15) is 0 Å². The van der Waals surface area contributed by atoms with Crippen molar-refractivity contribution in [1.29, 1.82) is 0 Å². The number of hydrogen-bond acceptors (Lipinski definition) is 5. The Bertz CT molecular complexity index is 835. The van der Waals surface area contributed by atoms with Crippen molar-refractivity contribution in [3.63, 3.8) is 0 Å². The number of rotatable bonds is 5. The van der Waals surface area contributed by atoms with Gasteiger partial charge in [0, 0.05) is 30.6 Å². The summed E-state index contributed by atoms with van der Waals surface area (Å²) in [5.74, 6) is 0.